The van der Waals surface area contributed by atoms with Gasteiger partial charge in [0.15, 0.2) is 5.69 Å². The molecule has 2 N–H and O–H groups in total. The van der Waals surface area contributed by atoms with Crippen LogP contribution in [0, 0.1) is 5.82 Å². The first-order valence-electron chi connectivity index (χ1n) is 6.48. The number of rotatable bonds is 2. The smallest absolute Gasteiger partial charge is 0.231 e. The molecule has 0 aliphatic heterocycles. The van der Waals surface area contributed by atoms with Crippen molar-refractivity contribution in [2.45, 2.75) is 0 Å². The zero-order valence-corrected chi connectivity index (χ0v) is 11.9. The maximum absolute atomic E-state index is 13.4. The van der Waals surface area contributed by atoms with Gasteiger partial charge in [-0.3, -0.25) is 0 Å². The minimum absolute atomic E-state index is 0.148. The number of aromatic nitrogens is 2. The van der Waals surface area contributed by atoms with E-state index in [0.29, 0.717) is 16.0 Å². The fraction of sp³-hybridized carbons (Fsp3) is 0. The Morgan fingerprint density at radius 3 is 2.86 bits per heavy atom. The molecule has 2 aromatic heterocycles. The molecule has 0 atom stereocenters. The number of fused-ring (bicyclic) bond motifs is 2. The SMILES string of the molecule is Oc1[nH]c2ccc(F)cc2c1N=Nc1nc2ccccc2s1. The molecular weight excluding hydrogens is 303 g/mol. The van der Waals surface area contributed by atoms with Crippen molar-refractivity contribution in [3.63, 3.8) is 0 Å². The van der Waals surface area contributed by atoms with Crippen molar-refractivity contribution in [3.8, 4) is 5.88 Å². The summed E-state index contributed by atoms with van der Waals surface area (Å²) in [4.78, 5) is 7.07. The van der Waals surface area contributed by atoms with E-state index >= 15 is 0 Å². The average Bonchev–Trinajstić information content (AvgIpc) is 3.05. The Kier molecular flexibility index (Phi) is 2.87. The van der Waals surface area contributed by atoms with Gasteiger partial charge in [-0.05, 0) is 30.3 Å². The lowest BCUT2D eigenvalue weighted by atomic mass is 10.2. The van der Waals surface area contributed by atoms with Crippen molar-refractivity contribution in [1.82, 2.24) is 9.97 Å². The van der Waals surface area contributed by atoms with E-state index in [1.54, 1.807) is 6.07 Å². The average molecular weight is 312 g/mol. The van der Waals surface area contributed by atoms with E-state index in [1.165, 1.54) is 23.5 Å². The van der Waals surface area contributed by atoms with Crippen molar-refractivity contribution >= 4 is 43.3 Å². The van der Waals surface area contributed by atoms with Gasteiger partial charge in [-0.15, -0.1) is 10.2 Å². The predicted octanol–water partition coefficient (Wildman–Crippen LogP) is 5.04. The number of hydrogen-bond donors (Lipinski definition) is 2. The van der Waals surface area contributed by atoms with Crippen LogP contribution in [-0.2, 0) is 0 Å². The molecule has 0 aliphatic rings. The molecule has 4 rings (SSSR count). The third kappa shape index (κ3) is 2.11. The van der Waals surface area contributed by atoms with Gasteiger partial charge in [-0.25, -0.2) is 9.37 Å². The fourth-order valence-electron chi connectivity index (χ4n) is 2.23. The van der Waals surface area contributed by atoms with E-state index < -0.39 is 5.82 Å². The quantitative estimate of drug-likeness (QED) is 0.509. The second-order valence-corrected chi connectivity index (χ2v) is 5.69. The van der Waals surface area contributed by atoms with E-state index in [-0.39, 0.29) is 11.6 Å². The van der Waals surface area contributed by atoms with Crippen molar-refractivity contribution < 1.29 is 9.50 Å². The van der Waals surface area contributed by atoms with Crippen LogP contribution in [0.15, 0.2) is 52.7 Å². The summed E-state index contributed by atoms with van der Waals surface area (Å²) in [5.41, 5.74) is 1.64. The van der Waals surface area contributed by atoms with Gasteiger partial charge in [-0.1, -0.05) is 23.5 Å². The minimum atomic E-state index is -0.400. The highest BCUT2D eigenvalue weighted by Crippen LogP contribution is 2.37. The van der Waals surface area contributed by atoms with Crippen LogP contribution in [0.1, 0.15) is 0 Å². The number of nitrogens with zero attached hydrogens (tertiary/aromatic N) is 3. The third-order valence-corrected chi connectivity index (χ3v) is 4.15. The van der Waals surface area contributed by atoms with Crippen molar-refractivity contribution in [2.24, 2.45) is 10.2 Å². The van der Waals surface area contributed by atoms with Crippen molar-refractivity contribution in [2.75, 3.05) is 0 Å². The Morgan fingerprint density at radius 2 is 2.00 bits per heavy atom. The van der Waals surface area contributed by atoms with Gasteiger partial charge in [0.05, 0.1) is 15.7 Å². The summed E-state index contributed by atoms with van der Waals surface area (Å²) in [7, 11) is 0. The van der Waals surface area contributed by atoms with Gasteiger partial charge in [0.25, 0.3) is 0 Å². The standard InChI is InChI=1S/C15H9FN4OS/c16-8-5-6-10-9(7-8)13(14(21)17-10)19-20-15-18-11-3-1-2-4-12(11)22-15/h1-7,17,21H. The molecule has 22 heavy (non-hydrogen) atoms. The number of hydrogen-bond acceptors (Lipinski definition) is 5. The van der Waals surface area contributed by atoms with Gasteiger partial charge in [-0.2, -0.15) is 0 Å². The number of azo groups is 1. The lowest BCUT2D eigenvalue weighted by Crippen LogP contribution is -1.71. The number of nitrogens with one attached hydrogen (secondary N) is 1. The first-order valence-corrected chi connectivity index (χ1v) is 7.30. The molecule has 108 valence electrons. The number of thiazole rings is 1. The van der Waals surface area contributed by atoms with E-state index in [0.717, 1.165) is 10.2 Å². The summed E-state index contributed by atoms with van der Waals surface area (Å²) >= 11 is 1.40. The van der Waals surface area contributed by atoms with Crippen LogP contribution in [-0.4, -0.2) is 15.1 Å². The second kappa shape index (κ2) is 4.88. The molecule has 0 radical (unpaired) electrons. The van der Waals surface area contributed by atoms with Gasteiger partial charge in [0, 0.05) is 5.39 Å². The molecule has 0 spiro atoms. The zero-order chi connectivity index (χ0) is 15.1. The molecule has 0 bridgehead atoms. The number of para-hydroxylation sites is 1. The van der Waals surface area contributed by atoms with E-state index in [4.69, 9.17) is 0 Å². The van der Waals surface area contributed by atoms with Crippen molar-refractivity contribution in [3.05, 3.63) is 48.3 Å². The Hall–Kier alpha value is -2.80. The number of halogens is 1. The van der Waals surface area contributed by atoms with Crippen molar-refractivity contribution in [1.29, 1.82) is 0 Å². The van der Waals surface area contributed by atoms with E-state index in [9.17, 15) is 9.50 Å². The zero-order valence-electron chi connectivity index (χ0n) is 11.1. The molecule has 4 aromatic rings. The summed E-state index contributed by atoms with van der Waals surface area (Å²) in [6.45, 7) is 0. The maximum atomic E-state index is 13.4. The highest BCUT2D eigenvalue weighted by atomic mass is 32.1. The van der Waals surface area contributed by atoms with E-state index in [1.807, 2.05) is 24.3 Å². The van der Waals surface area contributed by atoms with Gasteiger partial charge in [0.1, 0.15) is 5.82 Å². The lowest BCUT2D eigenvalue weighted by Gasteiger charge is -1.91. The topological polar surface area (TPSA) is 73.6 Å². The Morgan fingerprint density at radius 1 is 1.14 bits per heavy atom. The van der Waals surface area contributed by atoms with Crippen LogP contribution >= 0.6 is 11.3 Å². The maximum Gasteiger partial charge on any atom is 0.231 e. The molecule has 0 saturated carbocycles. The van der Waals surface area contributed by atoms with Gasteiger partial charge < -0.3 is 10.1 Å². The van der Waals surface area contributed by atoms with Gasteiger partial charge >= 0.3 is 0 Å². The van der Waals surface area contributed by atoms with Gasteiger partial charge in [0.2, 0.25) is 11.0 Å². The molecular formula is C15H9FN4OS. The largest absolute Gasteiger partial charge is 0.493 e. The van der Waals surface area contributed by atoms with Crippen LogP contribution in [0.2, 0.25) is 0 Å². The Balaban J connectivity index is 1.79. The number of H-pyrrole nitrogens is 1. The molecule has 7 heteroatoms. The summed E-state index contributed by atoms with van der Waals surface area (Å²) in [6.07, 6.45) is 0. The Labute approximate surface area is 127 Å². The first kappa shape index (κ1) is 12.9. The monoisotopic (exact) mass is 312 g/mol. The third-order valence-electron chi connectivity index (χ3n) is 3.23. The highest BCUT2D eigenvalue weighted by molar-refractivity contribution is 7.21. The summed E-state index contributed by atoms with van der Waals surface area (Å²) in [6, 6.07) is 11.8. The highest BCUT2D eigenvalue weighted by Gasteiger charge is 2.11. The second-order valence-electron chi connectivity index (χ2n) is 4.68. The Bertz CT molecular complexity index is 988. The molecule has 0 amide bonds. The molecule has 0 unspecified atom stereocenters. The van der Waals surface area contributed by atoms with Crippen LogP contribution in [0.3, 0.4) is 0 Å². The normalized spacial score (nSPS) is 11.9. The number of benzene rings is 2. The first-order chi connectivity index (χ1) is 10.7. The van der Waals surface area contributed by atoms with E-state index in [2.05, 4.69) is 20.2 Å². The molecule has 2 aromatic carbocycles. The fourth-order valence-corrected chi connectivity index (χ4v) is 3.02. The lowest BCUT2D eigenvalue weighted by molar-refractivity contribution is 0.459. The predicted molar refractivity (Wildman–Crippen MR) is 83.7 cm³/mol. The van der Waals surface area contributed by atoms with Crippen LogP contribution in [0.25, 0.3) is 21.1 Å². The number of aromatic amines is 1. The van der Waals surface area contributed by atoms with Crippen LogP contribution in [0.4, 0.5) is 15.2 Å². The molecule has 0 saturated heterocycles. The number of aromatic hydroxyl groups is 1. The summed E-state index contributed by atoms with van der Waals surface area (Å²) in [5.74, 6) is -0.548. The summed E-state index contributed by atoms with van der Waals surface area (Å²) in [5, 5.41) is 18.9. The molecule has 5 nitrogen and oxygen atoms in total. The molecule has 0 fully saturated rings. The minimum Gasteiger partial charge on any atom is -0.493 e. The molecule has 0 aliphatic carbocycles. The van der Waals surface area contributed by atoms with Crippen LogP contribution in [0.5, 0.6) is 5.88 Å². The summed E-state index contributed by atoms with van der Waals surface area (Å²) < 4.78 is 14.4. The molecule has 2 heterocycles. The van der Waals surface area contributed by atoms with Crippen LogP contribution < -0.4 is 0 Å².